The summed E-state index contributed by atoms with van der Waals surface area (Å²) in [6.45, 7) is 6.47. The van der Waals surface area contributed by atoms with Crippen molar-refractivity contribution < 1.29 is 0 Å². The molecule has 1 aliphatic rings. The average Bonchev–Trinajstić information content (AvgIpc) is 2.39. The van der Waals surface area contributed by atoms with Crippen LogP contribution >= 0.6 is 0 Å². The van der Waals surface area contributed by atoms with Gasteiger partial charge in [0.25, 0.3) is 0 Å². The molecule has 4 nitrogen and oxygen atoms in total. The molecule has 0 radical (unpaired) electrons. The Hall–Kier alpha value is -1.10. The molecular weight excluding hydrogens is 248 g/mol. The minimum absolute atomic E-state index is 0.263. The van der Waals surface area contributed by atoms with Crippen molar-refractivity contribution in [2.75, 3.05) is 52.2 Å². The molecule has 0 saturated carbocycles. The van der Waals surface area contributed by atoms with Crippen molar-refractivity contribution in [3.63, 3.8) is 0 Å². The number of likely N-dealkylation sites (N-methyl/N-ethyl adjacent to an activating group) is 1. The summed E-state index contributed by atoms with van der Waals surface area (Å²) < 4.78 is 0. The molecule has 1 aromatic rings. The maximum Gasteiger partial charge on any atom is 0.0700 e. The van der Waals surface area contributed by atoms with Crippen molar-refractivity contribution in [2.45, 2.75) is 19.0 Å². The van der Waals surface area contributed by atoms with Crippen LogP contribution in [0.4, 0.5) is 5.69 Å². The van der Waals surface area contributed by atoms with Crippen LogP contribution in [0.15, 0.2) is 24.3 Å². The van der Waals surface area contributed by atoms with Crippen LogP contribution in [0.1, 0.15) is 12.5 Å². The predicted molar refractivity (Wildman–Crippen MR) is 86.1 cm³/mol. The third-order valence-electron chi connectivity index (χ3n) is 4.24. The molecule has 112 valence electrons. The van der Waals surface area contributed by atoms with E-state index in [0.717, 1.165) is 32.6 Å². The molecule has 1 saturated heterocycles. The van der Waals surface area contributed by atoms with Crippen LogP contribution in [0.25, 0.3) is 0 Å². The lowest BCUT2D eigenvalue weighted by Crippen LogP contribution is -2.60. The van der Waals surface area contributed by atoms with Gasteiger partial charge in [-0.25, -0.2) is 0 Å². The number of nitrogens with zero attached hydrogens (tertiary/aromatic N) is 3. The molecule has 1 aliphatic heterocycles. The van der Waals surface area contributed by atoms with Gasteiger partial charge < -0.3 is 15.5 Å². The summed E-state index contributed by atoms with van der Waals surface area (Å²) in [5.74, 6) is 0. The van der Waals surface area contributed by atoms with E-state index in [1.54, 1.807) is 0 Å². The van der Waals surface area contributed by atoms with Crippen molar-refractivity contribution >= 4 is 5.69 Å². The first-order valence-corrected chi connectivity index (χ1v) is 7.37. The highest BCUT2D eigenvalue weighted by atomic mass is 15.3. The second-order valence-corrected chi connectivity index (χ2v) is 6.39. The first-order chi connectivity index (χ1) is 9.38. The van der Waals surface area contributed by atoms with Crippen molar-refractivity contribution in [1.82, 2.24) is 9.80 Å². The molecule has 1 atom stereocenters. The summed E-state index contributed by atoms with van der Waals surface area (Å²) in [6.07, 6.45) is 0.893. The zero-order valence-electron chi connectivity index (χ0n) is 13.3. The molecule has 0 spiro atoms. The highest BCUT2D eigenvalue weighted by molar-refractivity contribution is 5.46. The van der Waals surface area contributed by atoms with E-state index in [0.29, 0.717) is 0 Å². The Kier molecular flexibility index (Phi) is 4.68. The number of hydrogen-bond donors (Lipinski definition) is 1. The zero-order valence-corrected chi connectivity index (χ0v) is 13.3. The van der Waals surface area contributed by atoms with Crippen LogP contribution in [0.5, 0.6) is 0 Å². The molecule has 2 rings (SSSR count). The topological polar surface area (TPSA) is 35.7 Å². The SMILES string of the molecule is CN1CCN(C(C)(N)Cc2ccc(N(C)C)cc2)CC1. The lowest BCUT2D eigenvalue weighted by atomic mass is 9.99. The van der Waals surface area contributed by atoms with E-state index in [2.05, 4.69) is 67.0 Å². The highest BCUT2D eigenvalue weighted by Crippen LogP contribution is 2.19. The number of anilines is 1. The second kappa shape index (κ2) is 6.12. The smallest absolute Gasteiger partial charge is 0.0700 e. The molecule has 1 heterocycles. The first kappa shape index (κ1) is 15.3. The summed E-state index contributed by atoms with van der Waals surface area (Å²) in [5, 5.41) is 0. The highest BCUT2D eigenvalue weighted by Gasteiger charge is 2.29. The quantitative estimate of drug-likeness (QED) is 0.897. The summed E-state index contributed by atoms with van der Waals surface area (Å²) in [6, 6.07) is 8.71. The molecule has 0 bridgehead atoms. The Labute approximate surface area is 123 Å². The zero-order chi connectivity index (χ0) is 14.8. The van der Waals surface area contributed by atoms with E-state index in [1.807, 2.05) is 0 Å². The monoisotopic (exact) mass is 276 g/mol. The maximum atomic E-state index is 6.56. The fourth-order valence-corrected chi connectivity index (χ4v) is 2.75. The number of hydrogen-bond acceptors (Lipinski definition) is 4. The van der Waals surface area contributed by atoms with Gasteiger partial charge in [0.15, 0.2) is 0 Å². The van der Waals surface area contributed by atoms with Crippen LogP contribution in [0.2, 0.25) is 0 Å². The van der Waals surface area contributed by atoms with Gasteiger partial charge in [-0.1, -0.05) is 12.1 Å². The number of benzene rings is 1. The molecule has 0 aromatic heterocycles. The predicted octanol–water partition coefficient (Wildman–Crippen LogP) is 1.22. The summed E-state index contributed by atoms with van der Waals surface area (Å²) in [7, 11) is 6.30. The number of nitrogens with two attached hydrogens (primary N) is 1. The summed E-state index contributed by atoms with van der Waals surface area (Å²) in [5.41, 5.74) is 8.83. The van der Waals surface area contributed by atoms with Gasteiger partial charge in [0, 0.05) is 52.4 Å². The van der Waals surface area contributed by atoms with Gasteiger partial charge in [0.05, 0.1) is 5.66 Å². The minimum Gasteiger partial charge on any atom is -0.378 e. The molecular formula is C16H28N4. The molecule has 1 aromatic carbocycles. The standard InChI is InChI=1S/C16H28N4/c1-16(17,20-11-9-19(4)10-12-20)13-14-5-7-15(8-6-14)18(2)3/h5-8H,9-13,17H2,1-4H3. The molecule has 1 fully saturated rings. The fraction of sp³-hybridized carbons (Fsp3) is 0.625. The van der Waals surface area contributed by atoms with E-state index < -0.39 is 0 Å². The van der Waals surface area contributed by atoms with Gasteiger partial charge in [-0.3, -0.25) is 4.90 Å². The third kappa shape index (κ3) is 3.72. The van der Waals surface area contributed by atoms with Crippen LogP contribution in [-0.2, 0) is 6.42 Å². The van der Waals surface area contributed by atoms with Gasteiger partial charge in [-0.05, 0) is 31.7 Å². The van der Waals surface area contributed by atoms with E-state index >= 15 is 0 Å². The average molecular weight is 276 g/mol. The number of piperazine rings is 1. The van der Waals surface area contributed by atoms with Crippen LogP contribution in [-0.4, -0.2) is 62.8 Å². The van der Waals surface area contributed by atoms with Crippen molar-refractivity contribution in [3.05, 3.63) is 29.8 Å². The van der Waals surface area contributed by atoms with E-state index in [1.165, 1.54) is 11.3 Å². The lowest BCUT2D eigenvalue weighted by molar-refractivity contribution is 0.0546. The normalized spacial score (nSPS) is 20.6. The van der Waals surface area contributed by atoms with Crippen molar-refractivity contribution in [1.29, 1.82) is 0 Å². The van der Waals surface area contributed by atoms with Crippen LogP contribution in [0, 0.1) is 0 Å². The Bertz CT molecular complexity index is 417. The maximum absolute atomic E-state index is 6.56. The van der Waals surface area contributed by atoms with Crippen LogP contribution in [0.3, 0.4) is 0 Å². The Balaban J connectivity index is 2.00. The van der Waals surface area contributed by atoms with Gasteiger partial charge >= 0.3 is 0 Å². The van der Waals surface area contributed by atoms with Crippen molar-refractivity contribution in [2.24, 2.45) is 5.73 Å². The van der Waals surface area contributed by atoms with Gasteiger partial charge in [-0.2, -0.15) is 0 Å². The second-order valence-electron chi connectivity index (χ2n) is 6.39. The summed E-state index contributed by atoms with van der Waals surface area (Å²) in [4.78, 5) is 6.89. The van der Waals surface area contributed by atoms with Gasteiger partial charge in [0.1, 0.15) is 0 Å². The minimum atomic E-state index is -0.263. The molecule has 2 N–H and O–H groups in total. The van der Waals surface area contributed by atoms with E-state index in [9.17, 15) is 0 Å². The molecule has 20 heavy (non-hydrogen) atoms. The Morgan fingerprint density at radius 3 is 2.15 bits per heavy atom. The first-order valence-electron chi connectivity index (χ1n) is 7.37. The molecule has 0 aliphatic carbocycles. The van der Waals surface area contributed by atoms with Gasteiger partial charge in [-0.15, -0.1) is 0 Å². The van der Waals surface area contributed by atoms with Crippen molar-refractivity contribution in [3.8, 4) is 0 Å². The number of rotatable bonds is 4. The molecule has 4 heteroatoms. The van der Waals surface area contributed by atoms with Gasteiger partial charge in [0.2, 0.25) is 0 Å². The lowest BCUT2D eigenvalue weighted by Gasteiger charge is -2.43. The fourth-order valence-electron chi connectivity index (χ4n) is 2.75. The largest absolute Gasteiger partial charge is 0.378 e. The summed E-state index contributed by atoms with van der Waals surface area (Å²) >= 11 is 0. The Morgan fingerprint density at radius 1 is 1.10 bits per heavy atom. The Morgan fingerprint density at radius 2 is 1.65 bits per heavy atom. The van der Waals surface area contributed by atoms with E-state index in [4.69, 9.17) is 5.73 Å². The molecule has 1 unspecified atom stereocenters. The third-order valence-corrected chi connectivity index (χ3v) is 4.24. The van der Waals surface area contributed by atoms with Crippen LogP contribution < -0.4 is 10.6 Å². The van der Waals surface area contributed by atoms with E-state index in [-0.39, 0.29) is 5.66 Å². The molecule has 0 amide bonds.